The fourth-order valence-electron chi connectivity index (χ4n) is 1.46. The SMILES string of the molecule is Cc1cc(Sc2ccc(Cl)cc2)ccc1C#N. The normalized spacial score (nSPS) is 9.94. The summed E-state index contributed by atoms with van der Waals surface area (Å²) in [6.45, 7) is 1.95. The Bertz CT molecular complexity index is 570. The largest absolute Gasteiger partial charge is 0.192 e. The predicted molar refractivity (Wildman–Crippen MR) is 71.5 cm³/mol. The molecule has 0 heterocycles. The van der Waals surface area contributed by atoms with Crippen LogP contribution in [-0.4, -0.2) is 0 Å². The van der Waals surface area contributed by atoms with Gasteiger partial charge in [0.05, 0.1) is 11.6 Å². The third kappa shape index (κ3) is 3.03. The molecule has 1 nitrogen and oxygen atoms in total. The van der Waals surface area contributed by atoms with E-state index in [0.29, 0.717) is 0 Å². The lowest BCUT2D eigenvalue weighted by Crippen LogP contribution is -1.82. The molecule has 0 bridgehead atoms. The summed E-state index contributed by atoms with van der Waals surface area (Å²) in [5, 5.41) is 9.60. The van der Waals surface area contributed by atoms with Crippen molar-refractivity contribution in [1.82, 2.24) is 0 Å². The van der Waals surface area contributed by atoms with Crippen molar-refractivity contribution in [3.63, 3.8) is 0 Å². The summed E-state index contributed by atoms with van der Waals surface area (Å²) in [5.74, 6) is 0. The van der Waals surface area contributed by atoms with Gasteiger partial charge in [-0.25, -0.2) is 0 Å². The predicted octanol–water partition coefficient (Wildman–Crippen LogP) is 4.67. The highest BCUT2D eigenvalue weighted by atomic mass is 35.5. The molecule has 0 N–H and O–H groups in total. The zero-order valence-electron chi connectivity index (χ0n) is 9.27. The van der Waals surface area contributed by atoms with Gasteiger partial charge in [-0.05, 0) is 55.0 Å². The topological polar surface area (TPSA) is 23.8 Å². The van der Waals surface area contributed by atoms with Crippen LogP contribution in [0.1, 0.15) is 11.1 Å². The van der Waals surface area contributed by atoms with E-state index in [1.165, 1.54) is 0 Å². The molecule has 2 aromatic carbocycles. The minimum absolute atomic E-state index is 0.727. The third-order valence-electron chi connectivity index (χ3n) is 2.37. The van der Waals surface area contributed by atoms with Crippen molar-refractivity contribution >= 4 is 23.4 Å². The van der Waals surface area contributed by atoms with Crippen LogP contribution in [-0.2, 0) is 0 Å². The average Bonchev–Trinajstić information content (AvgIpc) is 2.32. The van der Waals surface area contributed by atoms with Gasteiger partial charge in [-0.15, -0.1) is 0 Å². The minimum Gasteiger partial charge on any atom is -0.192 e. The van der Waals surface area contributed by atoms with Crippen LogP contribution in [0.25, 0.3) is 0 Å². The van der Waals surface area contributed by atoms with E-state index in [1.54, 1.807) is 11.8 Å². The number of nitriles is 1. The van der Waals surface area contributed by atoms with Crippen LogP contribution < -0.4 is 0 Å². The zero-order valence-corrected chi connectivity index (χ0v) is 10.8. The summed E-state index contributed by atoms with van der Waals surface area (Å²) in [6, 6.07) is 15.7. The average molecular weight is 260 g/mol. The van der Waals surface area contributed by atoms with Gasteiger partial charge in [-0.2, -0.15) is 5.26 Å². The van der Waals surface area contributed by atoms with Crippen LogP contribution in [0.5, 0.6) is 0 Å². The van der Waals surface area contributed by atoms with Crippen LogP contribution >= 0.6 is 23.4 Å². The molecule has 2 rings (SSSR count). The Hall–Kier alpha value is -1.43. The highest BCUT2D eigenvalue weighted by molar-refractivity contribution is 7.99. The van der Waals surface area contributed by atoms with Gasteiger partial charge in [-0.1, -0.05) is 23.4 Å². The lowest BCUT2D eigenvalue weighted by atomic mass is 10.1. The molecule has 0 saturated carbocycles. The number of rotatable bonds is 2. The van der Waals surface area contributed by atoms with Crippen molar-refractivity contribution in [1.29, 1.82) is 5.26 Å². The number of hydrogen-bond acceptors (Lipinski definition) is 2. The Morgan fingerprint density at radius 1 is 1.06 bits per heavy atom. The van der Waals surface area contributed by atoms with Crippen LogP contribution in [0.2, 0.25) is 5.02 Å². The van der Waals surface area contributed by atoms with Gasteiger partial charge in [0, 0.05) is 14.8 Å². The van der Waals surface area contributed by atoms with E-state index in [2.05, 4.69) is 6.07 Å². The van der Waals surface area contributed by atoms with Gasteiger partial charge in [0.15, 0.2) is 0 Å². The molecular weight excluding hydrogens is 250 g/mol. The molecule has 0 aliphatic heterocycles. The summed E-state index contributed by atoms with van der Waals surface area (Å²) in [4.78, 5) is 2.27. The van der Waals surface area contributed by atoms with Crippen molar-refractivity contribution in [3.8, 4) is 6.07 Å². The first-order valence-electron chi connectivity index (χ1n) is 5.13. The van der Waals surface area contributed by atoms with Gasteiger partial charge in [-0.3, -0.25) is 0 Å². The minimum atomic E-state index is 0.727. The molecule has 2 aromatic rings. The van der Waals surface area contributed by atoms with E-state index in [-0.39, 0.29) is 0 Å². The lowest BCUT2D eigenvalue weighted by Gasteiger charge is -2.04. The highest BCUT2D eigenvalue weighted by Gasteiger charge is 2.01. The number of benzene rings is 2. The molecule has 3 heteroatoms. The molecule has 0 atom stereocenters. The number of halogens is 1. The molecule has 0 aliphatic rings. The molecule has 84 valence electrons. The first kappa shape index (κ1) is 12.0. The Morgan fingerprint density at radius 3 is 2.29 bits per heavy atom. The molecular formula is C14H10ClNS. The molecule has 0 unspecified atom stereocenters. The second-order valence-electron chi connectivity index (χ2n) is 3.64. The monoisotopic (exact) mass is 259 g/mol. The van der Waals surface area contributed by atoms with E-state index in [4.69, 9.17) is 16.9 Å². The lowest BCUT2D eigenvalue weighted by molar-refractivity contribution is 1.31. The first-order valence-corrected chi connectivity index (χ1v) is 6.32. The fourth-order valence-corrected chi connectivity index (χ4v) is 2.51. The number of aryl methyl sites for hydroxylation is 1. The molecule has 17 heavy (non-hydrogen) atoms. The Kier molecular flexibility index (Phi) is 3.73. The smallest absolute Gasteiger partial charge is 0.0994 e. The standard InChI is InChI=1S/C14H10ClNS/c1-10-8-14(5-2-11(10)9-16)17-13-6-3-12(15)4-7-13/h2-8H,1H3. The summed E-state index contributed by atoms with van der Waals surface area (Å²) >= 11 is 7.50. The maximum absolute atomic E-state index is 8.86. The Balaban J connectivity index is 2.22. The van der Waals surface area contributed by atoms with Gasteiger partial charge < -0.3 is 0 Å². The maximum Gasteiger partial charge on any atom is 0.0994 e. The molecule has 0 fully saturated rings. The molecule has 0 aromatic heterocycles. The van der Waals surface area contributed by atoms with Crippen LogP contribution in [0, 0.1) is 18.3 Å². The molecule has 0 amide bonds. The van der Waals surface area contributed by atoms with Crippen LogP contribution in [0.15, 0.2) is 52.3 Å². The summed E-state index contributed by atoms with van der Waals surface area (Å²) < 4.78 is 0. The first-order chi connectivity index (χ1) is 8.19. The van der Waals surface area contributed by atoms with E-state index in [1.807, 2.05) is 49.4 Å². The maximum atomic E-state index is 8.86. The third-order valence-corrected chi connectivity index (χ3v) is 3.62. The van der Waals surface area contributed by atoms with Crippen molar-refractivity contribution in [2.45, 2.75) is 16.7 Å². The van der Waals surface area contributed by atoms with Gasteiger partial charge in [0.1, 0.15) is 0 Å². The van der Waals surface area contributed by atoms with Crippen molar-refractivity contribution < 1.29 is 0 Å². The second kappa shape index (κ2) is 5.27. The Morgan fingerprint density at radius 2 is 1.71 bits per heavy atom. The van der Waals surface area contributed by atoms with Gasteiger partial charge >= 0.3 is 0 Å². The van der Waals surface area contributed by atoms with Crippen LogP contribution in [0.4, 0.5) is 0 Å². The Labute approximate surface area is 110 Å². The van der Waals surface area contributed by atoms with E-state index >= 15 is 0 Å². The summed E-state index contributed by atoms with van der Waals surface area (Å²) in [7, 11) is 0. The van der Waals surface area contributed by atoms with Crippen LogP contribution in [0.3, 0.4) is 0 Å². The van der Waals surface area contributed by atoms with Crippen molar-refractivity contribution in [2.75, 3.05) is 0 Å². The fraction of sp³-hybridized carbons (Fsp3) is 0.0714. The van der Waals surface area contributed by atoms with Gasteiger partial charge in [0.25, 0.3) is 0 Å². The van der Waals surface area contributed by atoms with Crippen molar-refractivity contribution in [2.24, 2.45) is 0 Å². The molecule has 0 radical (unpaired) electrons. The highest BCUT2D eigenvalue weighted by Crippen LogP contribution is 2.29. The second-order valence-corrected chi connectivity index (χ2v) is 5.23. The van der Waals surface area contributed by atoms with Crippen molar-refractivity contribution in [3.05, 3.63) is 58.6 Å². The number of hydrogen-bond donors (Lipinski definition) is 0. The van der Waals surface area contributed by atoms with E-state index < -0.39 is 0 Å². The molecule has 0 spiro atoms. The molecule has 0 saturated heterocycles. The zero-order chi connectivity index (χ0) is 12.3. The summed E-state index contributed by atoms with van der Waals surface area (Å²) in [5.41, 5.74) is 1.73. The molecule has 0 aliphatic carbocycles. The quantitative estimate of drug-likeness (QED) is 0.782. The van der Waals surface area contributed by atoms with E-state index in [9.17, 15) is 0 Å². The number of nitrogens with zero attached hydrogens (tertiary/aromatic N) is 1. The summed E-state index contributed by atoms with van der Waals surface area (Å²) in [6.07, 6.45) is 0. The van der Waals surface area contributed by atoms with E-state index in [0.717, 1.165) is 25.9 Å². The van der Waals surface area contributed by atoms with Gasteiger partial charge in [0.2, 0.25) is 0 Å².